The zero-order valence-electron chi connectivity index (χ0n) is 10.5. The lowest BCUT2D eigenvalue weighted by Gasteiger charge is -2.13. The smallest absolute Gasteiger partial charge is 0.200 e. The second-order valence-electron chi connectivity index (χ2n) is 4.41. The summed E-state index contributed by atoms with van der Waals surface area (Å²) in [6.07, 6.45) is 3.55. The second kappa shape index (κ2) is 5.05. The second-order valence-corrected chi connectivity index (χ2v) is 4.41. The van der Waals surface area contributed by atoms with E-state index in [2.05, 4.69) is 32.9 Å². The monoisotopic (exact) mass is 258 g/mol. The van der Waals surface area contributed by atoms with Crippen molar-refractivity contribution in [2.75, 3.05) is 5.32 Å². The Balaban J connectivity index is 1.60. The largest absolute Gasteiger partial charge is 0.469 e. The summed E-state index contributed by atoms with van der Waals surface area (Å²) in [4.78, 5) is 0. The lowest BCUT2D eigenvalue weighted by molar-refractivity contribution is 0.494. The van der Waals surface area contributed by atoms with Gasteiger partial charge in [0, 0.05) is 12.5 Å². The Hall–Kier alpha value is -2.44. The minimum atomic E-state index is 0.284. The molecule has 98 valence electrons. The van der Waals surface area contributed by atoms with Crippen LogP contribution in [0.2, 0.25) is 0 Å². The van der Waals surface area contributed by atoms with Gasteiger partial charge in [-0.2, -0.15) is 0 Å². The first-order chi connectivity index (χ1) is 9.31. The predicted molar refractivity (Wildman–Crippen MR) is 68.7 cm³/mol. The van der Waals surface area contributed by atoms with E-state index in [9.17, 15) is 0 Å². The van der Waals surface area contributed by atoms with Crippen LogP contribution in [0.3, 0.4) is 0 Å². The molecule has 3 rings (SSSR count). The molecule has 0 bridgehead atoms. The van der Waals surface area contributed by atoms with Crippen molar-refractivity contribution in [3.8, 4) is 0 Å². The van der Waals surface area contributed by atoms with Crippen LogP contribution >= 0.6 is 0 Å². The molecule has 0 saturated heterocycles. The van der Waals surface area contributed by atoms with Crippen LogP contribution < -0.4 is 5.32 Å². The summed E-state index contributed by atoms with van der Waals surface area (Å²) >= 11 is 0. The molecule has 0 aromatic carbocycles. The highest BCUT2D eigenvalue weighted by Gasteiger charge is 2.06. The van der Waals surface area contributed by atoms with Gasteiger partial charge in [0.25, 0.3) is 0 Å². The van der Waals surface area contributed by atoms with E-state index in [1.54, 1.807) is 6.26 Å². The number of fused-ring (bicyclic) bond motifs is 1. The first kappa shape index (κ1) is 11.6. The van der Waals surface area contributed by atoms with E-state index in [0.717, 1.165) is 24.4 Å². The molecule has 0 radical (unpaired) electrons. The van der Waals surface area contributed by atoms with Gasteiger partial charge in [-0.15, -0.1) is 14.8 Å². The van der Waals surface area contributed by atoms with E-state index in [1.165, 1.54) is 4.63 Å². The maximum Gasteiger partial charge on any atom is 0.200 e. The Bertz CT molecular complexity index is 647. The minimum Gasteiger partial charge on any atom is -0.469 e. The number of anilines is 1. The zero-order valence-corrected chi connectivity index (χ0v) is 10.5. The predicted octanol–water partition coefficient (Wildman–Crippen LogP) is 1.55. The molecule has 3 aromatic rings. The third-order valence-corrected chi connectivity index (χ3v) is 2.87. The van der Waals surface area contributed by atoms with Gasteiger partial charge in [-0.25, -0.2) is 0 Å². The molecular weight excluding hydrogens is 244 g/mol. The first-order valence-corrected chi connectivity index (χ1v) is 6.15. The lowest BCUT2D eigenvalue weighted by Crippen LogP contribution is -2.17. The van der Waals surface area contributed by atoms with Crippen molar-refractivity contribution in [3.63, 3.8) is 0 Å². The Labute approximate surface area is 109 Å². The van der Waals surface area contributed by atoms with Crippen LogP contribution in [-0.2, 0) is 6.42 Å². The van der Waals surface area contributed by atoms with Crippen molar-refractivity contribution < 1.29 is 4.42 Å². The number of nitrogens with zero attached hydrogens (tertiary/aromatic N) is 5. The molecule has 0 spiro atoms. The Morgan fingerprint density at radius 2 is 2.32 bits per heavy atom. The van der Waals surface area contributed by atoms with Crippen LogP contribution in [0.25, 0.3) is 5.65 Å². The van der Waals surface area contributed by atoms with Gasteiger partial charge in [-0.05, 0) is 48.0 Å². The normalized spacial score (nSPS) is 12.7. The fourth-order valence-electron chi connectivity index (χ4n) is 1.86. The topological polar surface area (TPSA) is 81.1 Å². The van der Waals surface area contributed by atoms with E-state index in [-0.39, 0.29) is 6.04 Å². The molecule has 1 atom stereocenters. The summed E-state index contributed by atoms with van der Waals surface area (Å²) in [6.45, 7) is 2.11. The molecular formula is C12H14N6O. The molecule has 3 heterocycles. The van der Waals surface area contributed by atoms with Gasteiger partial charge < -0.3 is 9.73 Å². The van der Waals surface area contributed by atoms with Gasteiger partial charge >= 0.3 is 0 Å². The zero-order chi connectivity index (χ0) is 13.1. The average molecular weight is 258 g/mol. The minimum absolute atomic E-state index is 0.284. The number of hydrogen-bond donors (Lipinski definition) is 1. The van der Waals surface area contributed by atoms with E-state index in [4.69, 9.17) is 4.42 Å². The Kier molecular flexibility index (Phi) is 3.09. The van der Waals surface area contributed by atoms with Crippen LogP contribution in [0.4, 0.5) is 5.82 Å². The van der Waals surface area contributed by atoms with Crippen molar-refractivity contribution in [3.05, 3.63) is 36.3 Å². The molecule has 0 saturated carbocycles. The summed E-state index contributed by atoms with van der Waals surface area (Å²) in [5.41, 5.74) is 0.633. The Morgan fingerprint density at radius 1 is 1.37 bits per heavy atom. The Morgan fingerprint density at radius 3 is 3.16 bits per heavy atom. The van der Waals surface area contributed by atoms with E-state index < -0.39 is 0 Å². The van der Waals surface area contributed by atoms with Crippen LogP contribution in [0.1, 0.15) is 19.1 Å². The van der Waals surface area contributed by atoms with Gasteiger partial charge in [0.15, 0.2) is 5.65 Å². The highest BCUT2D eigenvalue weighted by molar-refractivity contribution is 5.42. The quantitative estimate of drug-likeness (QED) is 0.747. The molecule has 3 aromatic heterocycles. The van der Waals surface area contributed by atoms with E-state index in [0.29, 0.717) is 5.65 Å². The van der Waals surface area contributed by atoms with Crippen molar-refractivity contribution in [1.29, 1.82) is 0 Å². The molecule has 19 heavy (non-hydrogen) atoms. The van der Waals surface area contributed by atoms with Crippen molar-refractivity contribution in [1.82, 2.24) is 25.3 Å². The van der Waals surface area contributed by atoms with Crippen molar-refractivity contribution >= 4 is 11.5 Å². The summed E-state index contributed by atoms with van der Waals surface area (Å²) in [5.74, 6) is 1.75. The van der Waals surface area contributed by atoms with Crippen molar-refractivity contribution in [2.24, 2.45) is 0 Å². The SMILES string of the molecule is C[C@@H](CCc1ccco1)Nc1ccc2nnnn2n1. The third-order valence-electron chi connectivity index (χ3n) is 2.87. The lowest BCUT2D eigenvalue weighted by atomic mass is 10.1. The van der Waals surface area contributed by atoms with Gasteiger partial charge in [-0.3, -0.25) is 0 Å². The summed E-state index contributed by atoms with van der Waals surface area (Å²) in [5, 5.41) is 18.7. The number of nitrogens with one attached hydrogen (secondary N) is 1. The standard InChI is InChI=1S/C12H14N6O/c1-9(4-5-10-3-2-8-19-10)13-11-6-7-12-14-16-17-18(12)15-11/h2-3,6-9H,4-5H2,1H3,(H,13,15)/t9-/m0/s1. The molecule has 7 nitrogen and oxygen atoms in total. The highest BCUT2D eigenvalue weighted by Crippen LogP contribution is 2.10. The summed E-state index contributed by atoms with van der Waals surface area (Å²) < 4.78 is 6.71. The van der Waals surface area contributed by atoms with Crippen LogP contribution in [0, 0.1) is 0 Å². The van der Waals surface area contributed by atoms with E-state index in [1.807, 2.05) is 24.3 Å². The molecule has 0 unspecified atom stereocenters. The molecule has 0 aliphatic carbocycles. The number of furan rings is 1. The van der Waals surface area contributed by atoms with Crippen molar-refractivity contribution in [2.45, 2.75) is 25.8 Å². The van der Waals surface area contributed by atoms with Gasteiger partial charge in [-0.1, -0.05) is 0 Å². The van der Waals surface area contributed by atoms with Crippen LogP contribution in [0.15, 0.2) is 34.9 Å². The molecule has 0 amide bonds. The number of aryl methyl sites for hydroxylation is 1. The number of tetrazole rings is 1. The molecule has 1 N–H and O–H groups in total. The van der Waals surface area contributed by atoms with Crippen LogP contribution in [0.5, 0.6) is 0 Å². The first-order valence-electron chi connectivity index (χ1n) is 6.15. The fourth-order valence-corrected chi connectivity index (χ4v) is 1.86. The third kappa shape index (κ3) is 2.70. The number of rotatable bonds is 5. The van der Waals surface area contributed by atoms with Crippen LogP contribution in [-0.4, -0.2) is 31.3 Å². The summed E-state index contributed by atoms with van der Waals surface area (Å²) in [7, 11) is 0. The van der Waals surface area contributed by atoms with Gasteiger partial charge in [0.2, 0.25) is 0 Å². The highest BCUT2D eigenvalue weighted by atomic mass is 16.3. The van der Waals surface area contributed by atoms with Gasteiger partial charge in [0.1, 0.15) is 11.6 Å². The van der Waals surface area contributed by atoms with Gasteiger partial charge in [0.05, 0.1) is 6.26 Å². The molecule has 0 fully saturated rings. The maximum atomic E-state index is 5.31. The summed E-state index contributed by atoms with van der Waals surface area (Å²) in [6, 6.07) is 7.87. The number of aromatic nitrogens is 5. The molecule has 0 aliphatic heterocycles. The molecule has 0 aliphatic rings. The average Bonchev–Trinajstić information content (AvgIpc) is 3.07. The van der Waals surface area contributed by atoms with E-state index >= 15 is 0 Å². The molecule has 7 heteroatoms. The maximum absolute atomic E-state index is 5.31. The fraction of sp³-hybridized carbons (Fsp3) is 0.333. The number of hydrogen-bond acceptors (Lipinski definition) is 6.